The largest absolute Gasteiger partial charge is 0.337 e. The lowest BCUT2D eigenvalue weighted by molar-refractivity contribution is -0.133. The van der Waals surface area contributed by atoms with Crippen molar-refractivity contribution in [3.8, 4) is 17.2 Å². The van der Waals surface area contributed by atoms with Crippen LogP contribution in [-0.4, -0.2) is 54.5 Å². The lowest BCUT2D eigenvalue weighted by Crippen LogP contribution is -2.41. The van der Waals surface area contributed by atoms with Crippen molar-refractivity contribution in [2.75, 3.05) is 13.1 Å². The second kappa shape index (κ2) is 12.8. The minimum Gasteiger partial charge on any atom is -0.337 e. The number of nitrogens with one attached hydrogen (secondary N) is 1. The van der Waals surface area contributed by atoms with E-state index in [4.69, 9.17) is 38.5 Å². The van der Waals surface area contributed by atoms with Gasteiger partial charge in [-0.15, -0.1) is 5.10 Å². The summed E-state index contributed by atoms with van der Waals surface area (Å²) < 4.78 is 21.7. The van der Waals surface area contributed by atoms with Crippen LogP contribution in [0.1, 0.15) is 105 Å². The van der Waals surface area contributed by atoms with E-state index in [-0.39, 0.29) is 58.4 Å². The highest BCUT2D eigenvalue weighted by Gasteiger charge is 2.51. The number of benzene rings is 2. The number of pyridine rings is 1. The molecule has 6 aliphatic rings. The summed E-state index contributed by atoms with van der Waals surface area (Å²) in [6, 6.07) is 12.0. The molecule has 3 aliphatic heterocycles. The predicted molar refractivity (Wildman–Crippen MR) is 207 cm³/mol. The van der Waals surface area contributed by atoms with E-state index in [1.54, 1.807) is 18.2 Å². The zero-order valence-corrected chi connectivity index (χ0v) is 32.1. The van der Waals surface area contributed by atoms with Crippen LogP contribution in [0.5, 0.6) is 0 Å². The van der Waals surface area contributed by atoms with Gasteiger partial charge in [0.1, 0.15) is 5.52 Å². The summed E-state index contributed by atoms with van der Waals surface area (Å²) in [5.41, 5.74) is 5.61. The van der Waals surface area contributed by atoms with Crippen LogP contribution in [0.25, 0.3) is 32.9 Å². The molecule has 3 saturated carbocycles. The third kappa shape index (κ3) is 5.25. The predicted octanol–water partition coefficient (Wildman–Crippen LogP) is 8.95. The van der Waals surface area contributed by atoms with Crippen molar-refractivity contribution in [3.05, 3.63) is 75.0 Å². The number of aryl methyl sites for hydroxylation is 2. The molecule has 0 radical (unpaired) electrons. The summed E-state index contributed by atoms with van der Waals surface area (Å²) in [6.07, 6.45) is 11.0. The fraction of sp³-hybridized carbons (Fsp3) is 0.500. The van der Waals surface area contributed by atoms with Crippen LogP contribution in [0.2, 0.25) is 10.0 Å². The Labute approximate surface area is 323 Å². The monoisotopic (exact) mass is 764 g/mol. The molecule has 2 aromatic carbocycles. The average Bonchev–Trinajstić information content (AvgIpc) is 3.81. The number of fused-ring (bicyclic) bond motifs is 4. The van der Waals surface area contributed by atoms with Crippen molar-refractivity contribution in [2.24, 2.45) is 11.8 Å². The van der Waals surface area contributed by atoms with Gasteiger partial charge in [0.15, 0.2) is 5.82 Å². The minimum atomic E-state index is -0.469. The Morgan fingerprint density at radius 1 is 1.15 bits per heavy atom. The first-order chi connectivity index (χ1) is 26.1. The van der Waals surface area contributed by atoms with Gasteiger partial charge in [0.05, 0.1) is 45.5 Å². The molecule has 6 heterocycles. The van der Waals surface area contributed by atoms with Gasteiger partial charge in [-0.2, -0.15) is 5.26 Å². The summed E-state index contributed by atoms with van der Waals surface area (Å²) in [4.78, 5) is 21.3. The molecule has 12 heteroatoms. The third-order valence-corrected chi connectivity index (χ3v) is 14.3. The number of likely N-dealkylation sites (tertiary alicyclic amines) is 1. The van der Waals surface area contributed by atoms with Gasteiger partial charge in [-0.1, -0.05) is 60.3 Å². The summed E-state index contributed by atoms with van der Waals surface area (Å²) >= 11 is 13.2. The SMILES string of the molecule is Cc1nc2c(F)c(-c3cccc(Cl)c3Cl)c(CCC#N)cc2c2c1cc(C1CC(n3cc(C4(C)CCCC4)nn3)CN1C(=O)C1CC1)n2C1C2CNC1C2. The third-order valence-electron chi connectivity index (χ3n) is 13.5. The van der Waals surface area contributed by atoms with E-state index in [2.05, 4.69) is 40.0 Å². The number of nitriles is 1. The van der Waals surface area contributed by atoms with Crippen LogP contribution < -0.4 is 5.32 Å². The number of hydrogen-bond acceptors (Lipinski definition) is 6. The molecule has 3 saturated heterocycles. The van der Waals surface area contributed by atoms with E-state index >= 15 is 4.39 Å². The Morgan fingerprint density at radius 2 is 1.96 bits per heavy atom. The molecule has 3 aromatic heterocycles. The average molecular weight is 766 g/mol. The first-order valence-corrected chi connectivity index (χ1v) is 20.3. The van der Waals surface area contributed by atoms with Crippen molar-refractivity contribution in [3.63, 3.8) is 0 Å². The van der Waals surface area contributed by atoms with Gasteiger partial charge in [0.25, 0.3) is 0 Å². The maximum atomic E-state index is 17.3. The zero-order chi connectivity index (χ0) is 37.0. The maximum absolute atomic E-state index is 17.3. The summed E-state index contributed by atoms with van der Waals surface area (Å²) in [5, 5.41) is 25.0. The number of aromatic nitrogens is 5. The molecule has 5 aromatic rings. The molecule has 2 bridgehead atoms. The van der Waals surface area contributed by atoms with Crippen LogP contribution in [0.3, 0.4) is 0 Å². The lowest BCUT2D eigenvalue weighted by Gasteiger charge is -2.39. The van der Waals surface area contributed by atoms with E-state index in [1.807, 2.05) is 17.7 Å². The first-order valence-electron chi connectivity index (χ1n) is 19.6. The molecular formula is C42H43Cl2FN8O. The normalized spacial score (nSPS) is 25.9. The highest BCUT2D eigenvalue weighted by Crippen LogP contribution is 2.52. The molecule has 5 atom stereocenters. The maximum Gasteiger partial charge on any atom is 0.226 e. The first kappa shape index (κ1) is 34.5. The molecule has 5 unspecified atom stereocenters. The topological polar surface area (TPSA) is 105 Å². The fourth-order valence-corrected chi connectivity index (χ4v) is 10.7. The van der Waals surface area contributed by atoms with Gasteiger partial charge in [0.2, 0.25) is 5.91 Å². The van der Waals surface area contributed by atoms with Gasteiger partial charge in [-0.05, 0) is 81.5 Å². The number of nitrogens with zero attached hydrogens (tertiary/aromatic N) is 7. The van der Waals surface area contributed by atoms with Crippen LogP contribution in [-0.2, 0) is 16.6 Å². The zero-order valence-electron chi connectivity index (χ0n) is 30.6. The Balaban J connectivity index is 1.17. The van der Waals surface area contributed by atoms with Crippen molar-refractivity contribution in [1.82, 2.24) is 34.8 Å². The molecule has 54 heavy (non-hydrogen) atoms. The van der Waals surface area contributed by atoms with Gasteiger partial charge in [-0.3, -0.25) is 4.79 Å². The van der Waals surface area contributed by atoms with Crippen molar-refractivity contribution in [2.45, 2.75) is 108 Å². The molecule has 11 rings (SSSR count). The lowest BCUT2D eigenvalue weighted by atomic mass is 9.79. The Kier molecular flexibility index (Phi) is 8.14. The number of carbonyl (C=O) groups excluding carboxylic acids is 1. The molecular weight excluding hydrogens is 722 g/mol. The molecule has 1 N–H and O–H groups in total. The van der Waals surface area contributed by atoms with E-state index < -0.39 is 5.82 Å². The standard InChI is InChI=1S/C42H43Cl2FN8O/c1-22-28-18-33(32-17-26(20-51(32)41(54)23-10-11-23)52-21-34(49-50-52)42(2)12-3-4-13-42)53(39-25-16-31(39)47-19-25)40(28)29-15-24(7-6-14-46)35(37(45)38(29)48-22)27-8-5-9-30(43)36(27)44/h5,8-9,15,18,21,23,25-26,31-32,39,47H,3-4,6-7,10-13,16-17,19-20H2,1-2H3. The van der Waals surface area contributed by atoms with E-state index in [9.17, 15) is 10.1 Å². The Hall–Kier alpha value is -4.04. The smallest absolute Gasteiger partial charge is 0.226 e. The van der Waals surface area contributed by atoms with Gasteiger partial charge < -0.3 is 14.8 Å². The highest BCUT2D eigenvalue weighted by molar-refractivity contribution is 6.43. The molecule has 3 aliphatic carbocycles. The minimum absolute atomic E-state index is 0.0114. The Bertz CT molecular complexity index is 2390. The summed E-state index contributed by atoms with van der Waals surface area (Å²) in [6.45, 7) is 5.75. The second-order valence-electron chi connectivity index (χ2n) is 16.8. The van der Waals surface area contributed by atoms with Crippen molar-refractivity contribution < 1.29 is 9.18 Å². The van der Waals surface area contributed by atoms with E-state index in [1.165, 1.54) is 12.8 Å². The number of amides is 1. The molecule has 1 amide bonds. The number of carbonyl (C=O) groups is 1. The molecule has 0 spiro atoms. The van der Waals surface area contributed by atoms with Crippen molar-refractivity contribution >= 4 is 50.9 Å². The highest BCUT2D eigenvalue weighted by atomic mass is 35.5. The van der Waals surface area contributed by atoms with Crippen LogP contribution in [0.4, 0.5) is 4.39 Å². The van der Waals surface area contributed by atoms with E-state index in [0.29, 0.717) is 52.4 Å². The quantitative estimate of drug-likeness (QED) is 0.169. The number of hydrogen-bond donors (Lipinski definition) is 1. The molecule has 9 nitrogen and oxygen atoms in total. The van der Waals surface area contributed by atoms with E-state index in [0.717, 1.165) is 66.6 Å². The number of halogens is 3. The van der Waals surface area contributed by atoms with Gasteiger partial charge in [0, 0.05) is 76.4 Å². The molecule has 6 fully saturated rings. The van der Waals surface area contributed by atoms with Gasteiger partial charge in [-0.25, -0.2) is 14.1 Å². The Morgan fingerprint density at radius 3 is 2.69 bits per heavy atom. The van der Waals surface area contributed by atoms with Crippen LogP contribution in [0, 0.1) is 35.9 Å². The van der Waals surface area contributed by atoms with Crippen molar-refractivity contribution in [1.29, 1.82) is 5.26 Å². The summed E-state index contributed by atoms with van der Waals surface area (Å²) in [7, 11) is 0. The van der Waals surface area contributed by atoms with Gasteiger partial charge >= 0.3 is 0 Å². The number of rotatable bonds is 8. The van der Waals surface area contributed by atoms with Crippen LogP contribution >= 0.6 is 23.2 Å². The fourth-order valence-electron chi connectivity index (χ4n) is 10.3. The van der Waals surface area contributed by atoms with Crippen LogP contribution in [0.15, 0.2) is 36.5 Å². The second-order valence-corrected chi connectivity index (χ2v) is 17.6. The molecule has 278 valence electrons. The summed E-state index contributed by atoms with van der Waals surface area (Å²) in [5.74, 6) is 0.231.